The standard InChI is InChI=1S/C25H26N4O3S/c1-15(2)16-8-12-18(13-9-16)29(24-26-19-6-4-5-7-20(19)33-24)21(30)14-28-22(31)25(3,17-10-11-17)27-23(28)32/h4-9,12-13,15,17H,10-11,14H2,1-3H3,(H,27,32). The van der Waals surface area contributed by atoms with E-state index in [-0.39, 0.29) is 24.3 Å². The number of amides is 4. The Kier molecular flexibility index (Phi) is 5.20. The Morgan fingerprint density at radius 3 is 2.52 bits per heavy atom. The van der Waals surface area contributed by atoms with Crippen LogP contribution < -0.4 is 10.2 Å². The molecule has 0 spiro atoms. The third-order valence-electron chi connectivity index (χ3n) is 6.53. The van der Waals surface area contributed by atoms with Gasteiger partial charge in [-0.15, -0.1) is 0 Å². The molecule has 1 aliphatic heterocycles. The number of nitrogens with zero attached hydrogens (tertiary/aromatic N) is 3. The van der Waals surface area contributed by atoms with Gasteiger partial charge in [0.2, 0.25) is 0 Å². The van der Waals surface area contributed by atoms with Crippen molar-refractivity contribution >= 4 is 50.2 Å². The fourth-order valence-corrected chi connectivity index (χ4v) is 5.33. The van der Waals surface area contributed by atoms with Crippen LogP contribution in [0.2, 0.25) is 0 Å². The van der Waals surface area contributed by atoms with E-state index in [1.165, 1.54) is 16.2 Å². The van der Waals surface area contributed by atoms with Crippen LogP contribution in [0.1, 0.15) is 45.1 Å². The summed E-state index contributed by atoms with van der Waals surface area (Å²) in [4.78, 5) is 46.5. The zero-order valence-corrected chi connectivity index (χ0v) is 19.7. The fourth-order valence-electron chi connectivity index (χ4n) is 4.33. The Hall–Kier alpha value is -3.26. The van der Waals surface area contributed by atoms with Crippen LogP contribution in [0.25, 0.3) is 10.2 Å². The van der Waals surface area contributed by atoms with Gasteiger partial charge in [-0.2, -0.15) is 0 Å². The predicted molar refractivity (Wildman–Crippen MR) is 129 cm³/mol. The lowest BCUT2D eigenvalue weighted by Gasteiger charge is -2.24. The van der Waals surface area contributed by atoms with Gasteiger partial charge >= 0.3 is 6.03 Å². The van der Waals surface area contributed by atoms with Crippen molar-refractivity contribution in [2.24, 2.45) is 5.92 Å². The number of aromatic nitrogens is 1. The highest BCUT2D eigenvalue weighted by molar-refractivity contribution is 7.22. The molecule has 1 unspecified atom stereocenters. The number of hydrogen-bond acceptors (Lipinski definition) is 5. The molecule has 8 heteroatoms. The normalized spacial score (nSPS) is 20.5. The molecular weight excluding hydrogens is 436 g/mol. The van der Waals surface area contributed by atoms with Gasteiger partial charge in [0.05, 0.1) is 15.9 Å². The first kappa shape index (κ1) is 21.6. The second-order valence-electron chi connectivity index (χ2n) is 9.24. The van der Waals surface area contributed by atoms with Crippen LogP contribution in [0.15, 0.2) is 48.5 Å². The topological polar surface area (TPSA) is 82.6 Å². The van der Waals surface area contributed by atoms with E-state index in [1.54, 1.807) is 6.92 Å². The predicted octanol–water partition coefficient (Wildman–Crippen LogP) is 4.80. The van der Waals surface area contributed by atoms with Crippen LogP contribution in [-0.2, 0) is 9.59 Å². The molecule has 2 fully saturated rings. The number of carbonyl (C=O) groups excluding carboxylic acids is 3. The average Bonchev–Trinajstić information content (AvgIpc) is 3.53. The van der Waals surface area contributed by atoms with Crippen molar-refractivity contribution in [3.63, 3.8) is 0 Å². The number of imide groups is 1. The number of benzene rings is 2. The molecule has 1 atom stereocenters. The molecule has 0 bridgehead atoms. The summed E-state index contributed by atoms with van der Waals surface area (Å²) < 4.78 is 0.959. The molecule has 4 amide bonds. The van der Waals surface area contributed by atoms with Crippen molar-refractivity contribution in [1.29, 1.82) is 0 Å². The molecule has 1 N–H and O–H groups in total. The molecule has 7 nitrogen and oxygen atoms in total. The summed E-state index contributed by atoms with van der Waals surface area (Å²) in [7, 11) is 0. The Balaban J connectivity index is 1.49. The number of carbonyl (C=O) groups is 3. The first-order chi connectivity index (χ1) is 15.8. The highest BCUT2D eigenvalue weighted by Crippen LogP contribution is 2.43. The van der Waals surface area contributed by atoms with Crippen molar-refractivity contribution < 1.29 is 14.4 Å². The molecule has 1 saturated carbocycles. The Bertz CT molecular complexity index is 1220. The Morgan fingerprint density at radius 2 is 1.88 bits per heavy atom. The Morgan fingerprint density at radius 1 is 1.18 bits per heavy atom. The maximum absolute atomic E-state index is 13.6. The van der Waals surface area contributed by atoms with Crippen molar-refractivity contribution in [3.05, 3.63) is 54.1 Å². The summed E-state index contributed by atoms with van der Waals surface area (Å²) in [6, 6.07) is 14.9. The molecule has 170 valence electrons. The van der Waals surface area contributed by atoms with E-state index in [0.717, 1.165) is 33.5 Å². The van der Waals surface area contributed by atoms with Gasteiger partial charge in [-0.05, 0) is 61.4 Å². The summed E-state index contributed by atoms with van der Waals surface area (Å²) in [6.45, 7) is 5.64. The highest BCUT2D eigenvalue weighted by Gasteiger charge is 2.56. The molecule has 33 heavy (non-hydrogen) atoms. The van der Waals surface area contributed by atoms with Gasteiger partial charge in [0.25, 0.3) is 11.8 Å². The van der Waals surface area contributed by atoms with Crippen molar-refractivity contribution in [2.75, 3.05) is 11.4 Å². The van der Waals surface area contributed by atoms with Crippen LogP contribution in [0.4, 0.5) is 15.6 Å². The van der Waals surface area contributed by atoms with E-state index in [4.69, 9.17) is 0 Å². The lowest BCUT2D eigenvalue weighted by molar-refractivity contribution is -0.134. The molecular formula is C25H26N4O3S. The molecule has 0 radical (unpaired) electrons. The number of para-hydroxylation sites is 1. The summed E-state index contributed by atoms with van der Waals surface area (Å²) >= 11 is 1.40. The molecule has 2 aliphatic rings. The monoisotopic (exact) mass is 462 g/mol. The molecule has 5 rings (SSSR count). The summed E-state index contributed by atoms with van der Waals surface area (Å²) in [6.07, 6.45) is 1.81. The lowest BCUT2D eigenvalue weighted by Crippen LogP contribution is -2.47. The smallest absolute Gasteiger partial charge is 0.323 e. The van der Waals surface area contributed by atoms with E-state index in [9.17, 15) is 14.4 Å². The van der Waals surface area contributed by atoms with Gasteiger partial charge in [0.15, 0.2) is 5.13 Å². The van der Waals surface area contributed by atoms with Gasteiger partial charge in [0, 0.05) is 0 Å². The second kappa shape index (κ2) is 7.95. The number of thiazole rings is 1. The first-order valence-electron chi connectivity index (χ1n) is 11.2. The van der Waals surface area contributed by atoms with Crippen LogP contribution >= 0.6 is 11.3 Å². The maximum atomic E-state index is 13.6. The second-order valence-corrected chi connectivity index (χ2v) is 10.2. The number of fused-ring (bicyclic) bond motifs is 1. The number of hydrogen-bond donors (Lipinski definition) is 1. The van der Waals surface area contributed by atoms with Crippen LogP contribution in [0, 0.1) is 5.92 Å². The zero-order chi connectivity index (χ0) is 23.3. The third-order valence-corrected chi connectivity index (χ3v) is 7.55. The van der Waals surface area contributed by atoms with Crippen LogP contribution in [-0.4, -0.2) is 39.8 Å². The zero-order valence-electron chi connectivity index (χ0n) is 18.9. The van der Waals surface area contributed by atoms with E-state index >= 15 is 0 Å². The quantitative estimate of drug-likeness (QED) is 0.533. The number of anilines is 2. The van der Waals surface area contributed by atoms with Crippen LogP contribution in [0.5, 0.6) is 0 Å². The van der Waals surface area contributed by atoms with Gasteiger partial charge in [-0.25, -0.2) is 9.78 Å². The van der Waals surface area contributed by atoms with Crippen LogP contribution in [0.3, 0.4) is 0 Å². The minimum Gasteiger partial charge on any atom is -0.323 e. The maximum Gasteiger partial charge on any atom is 0.325 e. The van der Waals surface area contributed by atoms with Crippen molar-refractivity contribution in [1.82, 2.24) is 15.2 Å². The van der Waals surface area contributed by atoms with Gasteiger partial charge < -0.3 is 5.32 Å². The first-order valence-corrected chi connectivity index (χ1v) is 12.0. The SMILES string of the molecule is CC(C)c1ccc(N(C(=O)CN2C(=O)NC(C)(C3CC3)C2=O)c2nc3ccccc3s2)cc1. The summed E-state index contributed by atoms with van der Waals surface area (Å²) in [5, 5.41) is 3.32. The largest absolute Gasteiger partial charge is 0.325 e. The minimum absolute atomic E-state index is 0.137. The van der Waals surface area contributed by atoms with Gasteiger partial charge in [-0.1, -0.05) is 49.4 Å². The average molecular weight is 463 g/mol. The summed E-state index contributed by atoms with van der Waals surface area (Å²) in [5.41, 5.74) is 1.69. The molecule has 2 heterocycles. The number of rotatable bonds is 6. The highest BCUT2D eigenvalue weighted by atomic mass is 32.1. The van der Waals surface area contributed by atoms with Crippen molar-refractivity contribution in [3.8, 4) is 0 Å². The molecule has 1 aromatic heterocycles. The van der Waals surface area contributed by atoms with Gasteiger partial charge in [0.1, 0.15) is 12.1 Å². The van der Waals surface area contributed by atoms with E-state index in [0.29, 0.717) is 16.7 Å². The molecule has 1 aliphatic carbocycles. The van der Waals surface area contributed by atoms with E-state index < -0.39 is 11.6 Å². The fraction of sp³-hybridized carbons (Fsp3) is 0.360. The third kappa shape index (κ3) is 3.78. The lowest BCUT2D eigenvalue weighted by atomic mass is 9.96. The number of urea groups is 1. The van der Waals surface area contributed by atoms with Crippen molar-refractivity contribution in [2.45, 2.75) is 45.1 Å². The molecule has 1 saturated heterocycles. The molecule has 3 aromatic rings. The number of nitrogens with one attached hydrogen (secondary N) is 1. The minimum atomic E-state index is -0.920. The van der Waals surface area contributed by atoms with E-state index in [2.05, 4.69) is 24.1 Å². The van der Waals surface area contributed by atoms with E-state index in [1.807, 2.05) is 48.5 Å². The van der Waals surface area contributed by atoms with Gasteiger partial charge in [-0.3, -0.25) is 19.4 Å². The molecule has 2 aromatic carbocycles. The summed E-state index contributed by atoms with van der Waals surface area (Å²) in [5.74, 6) is -0.215. The Labute approximate surface area is 196 Å².